The minimum atomic E-state index is -0.440. The minimum Gasteiger partial charge on any atom is -0.491 e. The van der Waals surface area contributed by atoms with Gasteiger partial charge in [0, 0.05) is 0 Å². The van der Waals surface area contributed by atoms with Crippen LogP contribution in [-0.2, 0) is 14.3 Å². The molecule has 0 bridgehead atoms. The highest BCUT2D eigenvalue weighted by Gasteiger charge is 2.23. The van der Waals surface area contributed by atoms with Crippen LogP contribution in [0.5, 0.6) is 5.75 Å². The molecule has 1 unspecified atom stereocenters. The second kappa shape index (κ2) is 7.70. The number of halogens is 1. The quantitative estimate of drug-likeness (QED) is 0.340. The smallest absolute Gasteiger partial charge is 0.338 e. The van der Waals surface area contributed by atoms with E-state index < -0.39 is 5.97 Å². The Labute approximate surface area is 152 Å². The number of methoxy groups -OCH3 is 1. The number of epoxide rings is 1. The molecule has 1 aliphatic heterocycles. The van der Waals surface area contributed by atoms with Crippen molar-refractivity contribution in [2.45, 2.75) is 20.0 Å². The van der Waals surface area contributed by atoms with Crippen molar-refractivity contribution in [2.24, 2.45) is 0 Å². The van der Waals surface area contributed by atoms with Crippen molar-refractivity contribution in [1.82, 2.24) is 0 Å². The largest absolute Gasteiger partial charge is 0.491 e. The summed E-state index contributed by atoms with van der Waals surface area (Å²) >= 11 is 0. The Morgan fingerprint density at radius 1 is 1.19 bits per heavy atom. The third kappa shape index (κ3) is 4.11. The van der Waals surface area contributed by atoms with Gasteiger partial charge in [0.15, 0.2) is 0 Å². The summed E-state index contributed by atoms with van der Waals surface area (Å²) in [5, 5.41) is 0. The Balaban J connectivity index is 1.93. The Morgan fingerprint density at radius 2 is 1.85 bits per heavy atom. The molecule has 5 heteroatoms. The molecule has 0 amide bonds. The van der Waals surface area contributed by atoms with E-state index in [1.54, 1.807) is 19.1 Å². The van der Waals surface area contributed by atoms with Gasteiger partial charge < -0.3 is 14.2 Å². The molecule has 1 aliphatic rings. The molecule has 1 heterocycles. The van der Waals surface area contributed by atoms with E-state index >= 15 is 0 Å². The molecule has 0 saturated carbocycles. The van der Waals surface area contributed by atoms with Crippen LogP contribution in [-0.4, -0.2) is 32.4 Å². The molecule has 0 aromatic heterocycles. The van der Waals surface area contributed by atoms with Gasteiger partial charge in [-0.25, -0.2) is 9.18 Å². The van der Waals surface area contributed by atoms with Gasteiger partial charge in [-0.1, -0.05) is 18.2 Å². The lowest BCUT2D eigenvalue weighted by Crippen LogP contribution is -2.07. The SMILES string of the molecule is COC(=O)C(=C(C)c1ccc(F)c(C)c1)c1ccc(OCC2CO2)cc1. The topological polar surface area (TPSA) is 48.1 Å². The predicted molar refractivity (Wildman–Crippen MR) is 97.3 cm³/mol. The third-order valence-electron chi connectivity index (χ3n) is 4.34. The molecule has 0 aliphatic carbocycles. The highest BCUT2D eigenvalue weighted by molar-refractivity contribution is 6.24. The van der Waals surface area contributed by atoms with Crippen molar-refractivity contribution in [3.63, 3.8) is 0 Å². The number of benzene rings is 2. The molecule has 26 heavy (non-hydrogen) atoms. The molecule has 2 aromatic carbocycles. The average molecular weight is 356 g/mol. The summed E-state index contributed by atoms with van der Waals surface area (Å²) in [6, 6.07) is 12.0. The molecular weight excluding hydrogens is 335 g/mol. The van der Waals surface area contributed by atoms with Gasteiger partial charge in [0.2, 0.25) is 0 Å². The van der Waals surface area contributed by atoms with Crippen LogP contribution in [0.3, 0.4) is 0 Å². The van der Waals surface area contributed by atoms with Crippen LogP contribution in [0.1, 0.15) is 23.6 Å². The van der Waals surface area contributed by atoms with Gasteiger partial charge >= 0.3 is 5.97 Å². The second-order valence-electron chi connectivity index (χ2n) is 6.25. The molecule has 1 saturated heterocycles. The number of hydrogen-bond donors (Lipinski definition) is 0. The van der Waals surface area contributed by atoms with E-state index in [2.05, 4.69) is 0 Å². The maximum absolute atomic E-state index is 13.6. The summed E-state index contributed by atoms with van der Waals surface area (Å²) in [6.07, 6.45) is 0.184. The highest BCUT2D eigenvalue weighted by Crippen LogP contribution is 2.29. The molecule has 3 rings (SSSR count). The van der Waals surface area contributed by atoms with Crippen molar-refractivity contribution in [2.75, 3.05) is 20.3 Å². The van der Waals surface area contributed by atoms with E-state index in [1.807, 2.05) is 31.2 Å². The molecule has 136 valence electrons. The monoisotopic (exact) mass is 356 g/mol. The third-order valence-corrected chi connectivity index (χ3v) is 4.34. The van der Waals surface area contributed by atoms with Crippen molar-refractivity contribution in [1.29, 1.82) is 0 Å². The summed E-state index contributed by atoms with van der Waals surface area (Å²) in [5.74, 6) is -0.00409. The maximum Gasteiger partial charge on any atom is 0.338 e. The zero-order valence-corrected chi connectivity index (χ0v) is 15.0. The van der Waals surface area contributed by atoms with E-state index in [1.165, 1.54) is 13.2 Å². The lowest BCUT2D eigenvalue weighted by atomic mass is 9.94. The number of carbonyl (C=O) groups is 1. The normalized spacial score (nSPS) is 16.7. The van der Waals surface area contributed by atoms with Gasteiger partial charge in [0.05, 0.1) is 19.3 Å². The van der Waals surface area contributed by atoms with Crippen molar-refractivity contribution in [3.8, 4) is 5.75 Å². The zero-order valence-electron chi connectivity index (χ0n) is 15.0. The summed E-state index contributed by atoms with van der Waals surface area (Å²) in [4.78, 5) is 12.4. The fourth-order valence-electron chi connectivity index (χ4n) is 2.68. The van der Waals surface area contributed by atoms with Crippen molar-refractivity contribution >= 4 is 17.1 Å². The molecule has 2 aromatic rings. The molecular formula is C21H21FO4. The number of rotatable bonds is 6. The van der Waals surface area contributed by atoms with Crippen molar-refractivity contribution in [3.05, 3.63) is 65.0 Å². The van der Waals surface area contributed by atoms with E-state index in [0.717, 1.165) is 17.7 Å². The van der Waals surface area contributed by atoms with Gasteiger partial charge in [-0.15, -0.1) is 0 Å². The van der Waals surface area contributed by atoms with Gasteiger partial charge in [-0.3, -0.25) is 0 Å². The molecule has 0 N–H and O–H groups in total. The first kappa shape index (κ1) is 18.1. The number of esters is 1. The highest BCUT2D eigenvalue weighted by atomic mass is 19.1. The van der Waals surface area contributed by atoms with E-state index in [-0.39, 0.29) is 11.9 Å². The van der Waals surface area contributed by atoms with Gasteiger partial charge in [0.25, 0.3) is 0 Å². The van der Waals surface area contributed by atoms with Crippen LogP contribution in [0.25, 0.3) is 11.1 Å². The molecule has 0 spiro atoms. The summed E-state index contributed by atoms with van der Waals surface area (Å²) in [6.45, 7) is 4.78. The Hall–Kier alpha value is -2.66. The van der Waals surface area contributed by atoms with Gasteiger partial charge in [-0.05, 0) is 60.4 Å². The Kier molecular flexibility index (Phi) is 5.38. The Bertz CT molecular complexity index is 836. The molecule has 4 nitrogen and oxygen atoms in total. The molecule has 0 radical (unpaired) electrons. The fraction of sp³-hybridized carbons (Fsp3) is 0.286. The van der Waals surface area contributed by atoms with Crippen LogP contribution in [0.2, 0.25) is 0 Å². The number of aryl methyl sites for hydroxylation is 1. The zero-order chi connectivity index (χ0) is 18.7. The lowest BCUT2D eigenvalue weighted by molar-refractivity contribution is -0.133. The summed E-state index contributed by atoms with van der Waals surface area (Å²) in [5.41, 5.74) is 3.18. The van der Waals surface area contributed by atoms with Crippen LogP contribution < -0.4 is 4.74 Å². The van der Waals surface area contributed by atoms with Crippen LogP contribution in [0.4, 0.5) is 4.39 Å². The summed E-state index contributed by atoms with van der Waals surface area (Å²) in [7, 11) is 1.35. The van der Waals surface area contributed by atoms with Crippen molar-refractivity contribution < 1.29 is 23.4 Å². The number of hydrogen-bond acceptors (Lipinski definition) is 4. The van der Waals surface area contributed by atoms with Gasteiger partial charge in [-0.2, -0.15) is 0 Å². The fourth-order valence-corrected chi connectivity index (χ4v) is 2.68. The second-order valence-corrected chi connectivity index (χ2v) is 6.25. The van der Waals surface area contributed by atoms with Crippen LogP contribution in [0.15, 0.2) is 42.5 Å². The van der Waals surface area contributed by atoms with E-state index in [4.69, 9.17) is 14.2 Å². The average Bonchev–Trinajstić information content (AvgIpc) is 3.47. The molecule has 1 atom stereocenters. The van der Waals surface area contributed by atoms with Crippen LogP contribution in [0, 0.1) is 12.7 Å². The number of carbonyl (C=O) groups excluding carboxylic acids is 1. The standard InChI is InChI=1S/C21H21FO4/c1-13-10-16(6-9-19(13)22)14(2)20(21(23)24-3)15-4-7-17(8-5-15)25-11-18-12-26-18/h4-10,18H,11-12H2,1-3H3. The first-order valence-corrected chi connectivity index (χ1v) is 8.40. The number of ether oxygens (including phenoxy) is 3. The Morgan fingerprint density at radius 3 is 2.42 bits per heavy atom. The lowest BCUT2D eigenvalue weighted by Gasteiger charge is -2.13. The first-order chi connectivity index (χ1) is 12.5. The first-order valence-electron chi connectivity index (χ1n) is 8.40. The molecule has 1 fully saturated rings. The number of allylic oxidation sites excluding steroid dienone is 1. The minimum absolute atomic E-state index is 0.184. The predicted octanol–water partition coefficient (Wildman–Crippen LogP) is 4.02. The van der Waals surface area contributed by atoms with E-state index in [0.29, 0.717) is 29.1 Å². The van der Waals surface area contributed by atoms with Crippen LogP contribution >= 0.6 is 0 Å². The summed E-state index contributed by atoms with van der Waals surface area (Å²) < 4.78 is 29.3. The maximum atomic E-state index is 13.6. The van der Waals surface area contributed by atoms with Gasteiger partial charge in [0.1, 0.15) is 24.3 Å². The van der Waals surface area contributed by atoms with E-state index in [9.17, 15) is 9.18 Å².